The number of aliphatic hydroxyl groups is 1. The Morgan fingerprint density at radius 2 is 2.03 bits per heavy atom. The minimum Gasteiger partial charge on any atom is -0.471 e. The van der Waals surface area contributed by atoms with E-state index in [2.05, 4.69) is 42.0 Å². The van der Waals surface area contributed by atoms with Gasteiger partial charge in [0.15, 0.2) is 6.73 Å². The zero-order valence-corrected chi connectivity index (χ0v) is 20.3. The van der Waals surface area contributed by atoms with Crippen molar-refractivity contribution in [3.8, 4) is 5.75 Å². The summed E-state index contributed by atoms with van der Waals surface area (Å²) in [6.07, 6.45) is 1.08. The third-order valence-electron chi connectivity index (χ3n) is 6.89. The van der Waals surface area contributed by atoms with Gasteiger partial charge in [-0.3, -0.25) is 4.79 Å². The van der Waals surface area contributed by atoms with E-state index in [1.54, 1.807) is 7.11 Å². The SMILES string of the molecule is COCC(O)Cn1c(C(C)(C)C)cc2cc(NC(=O)C3(c4ccc5c(c4)NCO5)CC3)ccc21. The predicted molar refractivity (Wildman–Crippen MR) is 134 cm³/mol. The first-order valence-corrected chi connectivity index (χ1v) is 11.8. The Hall–Kier alpha value is -3.03. The lowest BCUT2D eigenvalue weighted by Gasteiger charge is -2.23. The zero-order chi connectivity index (χ0) is 24.1. The fourth-order valence-electron chi connectivity index (χ4n) is 4.93. The maximum absolute atomic E-state index is 13.4. The highest BCUT2D eigenvalue weighted by Gasteiger charge is 2.51. The van der Waals surface area contributed by atoms with E-state index < -0.39 is 11.5 Å². The topological polar surface area (TPSA) is 84.8 Å². The first-order valence-electron chi connectivity index (χ1n) is 11.8. The van der Waals surface area contributed by atoms with Crippen molar-refractivity contribution in [2.24, 2.45) is 0 Å². The second-order valence-electron chi connectivity index (χ2n) is 10.5. The number of carbonyl (C=O) groups excluding carboxylic acids is 1. The molecular weight excluding hydrogens is 430 g/mol. The molecule has 3 aromatic rings. The van der Waals surface area contributed by atoms with E-state index in [1.807, 2.05) is 36.4 Å². The van der Waals surface area contributed by atoms with Crippen LogP contribution in [0.4, 0.5) is 11.4 Å². The number of methoxy groups -OCH3 is 1. The van der Waals surface area contributed by atoms with Crippen LogP contribution in [-0.4, -0.2) is 42.1 Å². The van der Waals surface area contributed by atoms with Gasteiger partial charge in [-0.1, -0.05) is 26.8 Å². The number of rotatable bonds is 7. The number of ether oxygens (including phenoxy) is 2. The molecule has 1 aromatic heterocycles. The van der Waals surface area contributed by atoms with Crippen molar-refractivity contribution < 1.29 is 19.4 Å². The Balaban J connectivity index is 1.42. The Bertz CT molecular complexity index is 1240. The molecule has 2 aromatic carbocycles. The van der Waals surface area contributed by atoms with Crippen molar-refractivity contribution in [3.05, 3.63) is 53.7 Å². The number of hydrogen-bond donors (Lipinski definition) is 3. The zero-order valence-electron chi connectivity index (χ0n) is 20.3. The molecule has 0 bridgehead atoms. The van der Waals surface area contributed by atoms with Gasteiger partial charge < -0.3 is 29.8 Å². The molecule has 2 aliphatic rings. The molecule has 7 nitrogen and oxygen atoms in total. The van der Waals surface area contributed by atoms with E-state index in [1.165, 1.54) is 0 Å². The van der Waals surface area contributed by atoms with E-state index in [4.69, 9.17) is 9.47 Å². The van der Waals surface area contributed by atoms with Crippen LogP contribution in [0.3, 0.4) is 0 Å². The van der Waals surface area contributed by atoms with Gasteiger partial charge >= 0.3 is 0 Å². The molecule has 1 aliphatic carbocycles. The normalized spacial score (nSPS) is 17.1. The number of benzene rings is 2. The van der Waals surface area contributed by atoms with Gasteiger partial charge in [-0.2, -0.15) is 0 Å². The molecule has 1 amide bonds. The second kappa shape index (κ2) is 8.32. The third-order valence-corrected chi connectivity index (χ3v) is 6.89. The summed E-state index contributed by atoms with van der Waals surface area (Å²) in [7, 11) is 1.59. The van der Waals surface area contributed by atoms with Crippen molar-refractivity contribution in [1.29, 1.82) is 0 Å². The average Bonchev–Trinajstić information content (AvgIpc) is 3.33. The van der Waals surface area contributed by atoms with E-state index >= 15 is 0 Å². The lowest BCUT2D eigenvalue weighted by Crippen LogP contribution is -2.27. The molecule has 180 valence electrons. The number of fused-ring (bicyclic) bond motifs is 2. The van der Waals surface area contributed by atoms with E-state index in [0.717, 1.165) is 52.1 Å². The number of anilines is 2. The van der Waals surface area contributed by atoms with Gasteiger partial charge in [0.2, 0.25) is 5.91 Å². The lowest BCUT2D eigenvalue weighted by atomic mass is 9.92. The van der Waals surface area contributed by atoms with Crippen LogP contribution in [0, 0.1) is 0 Å². The van der Waals surface area contributed by atoms with E-state index in [-0.39, 0.29) is 17.9 Å². The number of amides is 1. The third kappa shape index (κ3) is 4.03. The molecule has 0 spiro atoms. The molecule has 0 saturated heterocycles. The first kappa shape index (κ1) is 22.7. The van der Waals surface area contributed by atoms with Crippen molar-refractivity contribution in [2.75, 3.05) is 31.1 Å². The Morgan fingerprint density at radius 3 is 2.74 bits per heavy atom. The Kier molecular flexibility index (Phi) is 5.57. The fourth-order valence-corrected chi connectivity index (χ4v) is 4.93. The number of hydrogen-bond acceptors (Lipinski definition) is 5. The molecule has 3 N–H and O–H groups in total. The smallest absolute Gasteiger partial charge is 0.235 e. The Morgan fingerprint density at radius 1 is 1.24 bits per heavy atom. The highest BCUT2D eigenvalue weighted by molar-refractivity contribution is 6.02. The molecule has 1 unspecified atom stereocenters. The molecule has 1 aliphatic heterocycles. The summed E-state index contributed by atoms with van der Waals surface area (Å²) in [5.74, 6) is 0.858. The molecule has 1 atom stereocenters. The summed E-state index contributed by atoms with van der Waals surface area (Å²) < 4.78 is 12.8. The lowest BCUT2D eigenvalue weighted by molar-refractivity contribution is -0.118. The molecule has 7 heteroatoms. The standard InChI is InChI=1S/C27H33N3O4/c1-26(2,3)24-12-17-11-19(6-7-22(17)30(24)14-20(31)15-33-4)29-25(32)27(9-10-27)18-5-8-23-21(13-18)28-16-34-23/h5-8,11-13,20,28,31H,9-10,14-16H2,1-4H3,(H,29,32). The predicted octanol–water partition coefficient (Wildman–Crippen LogP) is 4.38. The highest BCUT2D eigenvalue weighted by atomic mass is 16.5. The first-order chi connectivity index (χ1) is 16.2. The van der Waals surface area contributed by atoms with Crippen LogP contribution >= 0.6 is 0 Å². The van der Waals surface area contributed by atoms with Gasteiger partial charge in [-0.15, -0.1) is 0 Å². The molecule has 1 saturated carbocycles. The van der Waals surface area contributed by atoms with Crippen LogP contribution < -0.4 is 15.4 Å². The molecule has 2 heterocycles. The van der Waals surface area contributed by atoms with Gasteiger partial charge in [-0.05, 0) is 54.8 Å². The van der Waals surface area contributed by atoms with E-state index in [9.17, 15) is 9.90 Å². The molecular formula is C27H33N3O4. The molecule has 0 radical (unpaired) electrons. The van der Waals surface area contributed by atoms with Crippen LogP contribution in [-0.2, 0) is 26.9 Å². The van der Waals surface area contributed by atoms with Crippen molar-refractivity contribution in [3.63, 3.8) is 0 Å². The fraction of sp³-hybridized carbons (Fsp3) is 0.444. The largest absolute Gasteiger partial charge is 0.471 e. The van der Waals surface area contributed by atoms with Crippen molar-refractivity contribution >= 4 is 28.2 Å². The van der Waals surface area contributed by atoms with Crippen molar-refractivity contribution in [1.82, 2.24) is 4.57 Å². The minimum absolute atomic E-state index is 0.0247. The summed E-state index contributed by atoms with van der Waals surface area (Å²) in [5.41, 5.74) is 4.33. The average molecular weight is 464 g/mol. The van der Waals surface area contributed by atoms with Crippen LogP contribution in [0.15, 0.2) is 42.5 Å². The van der Waals surface area contributed by atoms with Gasteiger partial charge in [0.25, 0.3) is 0 Å². The maximum atomic E-state index is 13.4. The van der Waals surface area contributed by atoms with Crippen LogP contribution in [0.25, 0.3) is 10.9 Å². The van der Waals surface area contributed by atoms with Crippen LogP contribution in [0.2, 0.25) is 0 Å². The van der Waals surface area contributed by atoms with Gasteiger partial charge in [0.1, 0.15) is 5.75 Å². The summed E-state index contributed by atoms with van der Waals surface area (Å²) in [6, 6.07) is 14.1. The number of aromatic nitrogens is 1. The number of nitrogens with zero attached hydrogens (tertiary/aromatic N) is 1. The monoisotopic (exact) mass is 463 g/mol. The highest BCUT2D eigenvalue weighted by Crippen LogP contribution is 2.50. The summed E-state index contributed by atoms with van der Waals surface area (Å²) in [4.78, 5) is 13.4. The minimum atomic E-state index is -0.594. The molecule has 1 fully saturated rings. The summed E-state index contributed by atoms with van der Waals surface area (Å²) in [5, 5.41) is 17.8. The van der Waals surface area contributed by atoms with E-state index in [0.29, 0.717) is 13.3 Å². The summed E-state index contributed by atoms with van der Waals surface area (Å²) in [6.45, 7) is 7.69. The van der Waals surface area contributed by atoms with Gasteiger partial charge in [0, 0.05) is 34.8 Å². The van der Waals surface area contributed by atoms with Gasteiger partial charge in [-0.25, -0.2) is 0 Å². The molecule has 34 heavy (non-hydrogen) atoms. The summed E-state index contributed by atoms with van der Waals surface area (Å²) >= 11 is 0. The van der Waals surface area contributed by atoms with Crippen molar-refractivity contribution in [2.45, 2.75) is 57.1 Å². The van der Waals surface area contributed by atoms with Gasteiger partial charge in [0.05, 0.1) is 30.4 Å². The van der Waals surface area contributed by atoms with Crippen LogP contribution in [0.5, 0.6) is 5.75 Å². The number of nitrogens with one attached hydrogen (secondary N) is 2. The molecule has 5 rings (SSSR count). The maximum Gasteiger partial charge on any atom is 0.235 e. The van der Waals surface area contributed by atoms with Crippen LogP contribution in [0.1, 0.15) is 44.9 Å². The number of aliphatic hydroxyl groups excluding tert-OH is 1. The Labute approximate surface area is 200 Å². The second-order valence-corrected chi connectivity index (χ2v) is 10.5. The quantitative estimate of drug-likeness (QED) is 0.484. The number of carbonyl (C=O) groups is 1.